The van der Waals surface area contributed by atoms with Crippen LogP contribution < -0.4 is 5.73 Å². The summed E-state index contributed by atoms with van der Waals surface area (Å²) in [5.74, 6) is -0.0608. The molecule has 0 bridgehead atoms. The lowest BCUT2D eigenvalue weighted by molar-refractivity contribution is -0.143. The van der Waals surface area contributed by atoms with Crippen LogP contribution in [0.15, 0.2) is 0 Å². The third-order valence-electron chi connectivity index (χ3n) is 3.60. The minimum absolute atomic E-state index is 0.0608. The van der Waals surface area contributed by atoms with Crippen molar-refractivity contribution < 1.29 is 9.53 Å². The molecule has 20 heavy (non-hydrogen) atoms. The molecule has 0 amide bonds. The van der Waals surface area contributed by atoms with Crippen molar-refractivity contribution in [3.05, 3.63) is 0 Å². The van der Waals surface area contributed by atoms with E-state index in [0.717, 1.165) is 19.3 Å². The summed E-state index contributed by atoms with van der Waals surface area (Å²) in [4.78, 5) is 11.3. The highest BCUT2D eigenvalue weighted by Crippen LogP contribution is 2.10. The summed E-state index contributed by atoms with van der Waals surface area (Å²) in [6, 6.07) is 0. The second-order valence-electron chi connectivity index (χ2n) is 5.65. The van der Waals surface area contributed by atoms with Crippen molar-refractivity contribution in [3.63, 3.8) is 0 Å². The molecule has 120 valence electrons. The van der Waals surface area contributed by atoms with E-state index in [-0.39, 0.29) is 5.97 Å². The lowest BCUT2D eigenvalue weighted by Crippen LogP contribution is -2.07. The summed E-state index contributed by atoms with van der Waals surface area (Å²) < 4.78 is 5.18. The highest BCUT2D eigenvalue weighted by atomic mass is 16.5. The summed E-state index contributed by atoms with van der Waals surface area (Å²) in [5, 5.41) is 0. The highest BCUT2D eigenvalue weighted by molar-refractivity contribution is 5.69. The van der Waals surface area contributed by atoms with Crippen molar-refractivity contribution in [3.8, 4) is 0 Å². The van der Waals surface area contributed by atoms with Crippen molar-refractivity contribution in [2.45, 2.75) is 90.4 Å². The summed E-state index contributed by atoms with van der Waals surface area (Å²) in [5.41, 5.74) is 5.38. The van der Waals surface area contributed by atoms with Gasteiger partial charge in [0.05, 0.1) is 6.61 Å². The number of unbranched alkanes of at least 4 members (excludes halogenated alkanes) is 10. The molecule has 0 fully saturated rings. The molecule has 0 saturated heterocycles. The molecular formula is C17H35NO2. The first-order chi connectivity index (χ1) is 9.81. The predicted molar refractivity (Wildman–Crippen MR) is 85.7 cm³/mol. The number of hydrogen-bond acceptors (Lipinski definition) is 3. The zero-order valence-corrected chi connectivity index (χ0v) is 13.5. The predicted octanol–water partition coefficient (Wildman–Crippen LogP) is 4.58. The van der Waals surface area contributed by atoms with Crippen molar-refractivity contribution in [2.24, 2.45) is 5.73 Å². The van der Waals surface area contributed by atoms with Gasteiger partial charge in [-0.15, -0.1) is 0 Å². The largest absolute Gasteiger partial charge is 0.466 e. The Morgan fingerprint density at radius 2 is 1.35 bits per heavy atom. The normalized spacial score (nSPS) is 10.7. The van der Waals surface area contributed by atoms with Crippen LogP contribution >= 0.6 is 0 Å². The fourth-order valence-corrected chi connectivity index (χ4v) is 2.26. The molecule has 0 aliphatic heterocycles. The van der Waals surface area contributed by atoms with Crippen molar-refractivity contribution in [2.75, 3.05) is 13.2 Å². The van der Waals surface area contributed by atoms with Gasteiger partial charge >= 0.3 is 5.97 Å². The Bertz CT molecular complexity index is 207. The van der Waals surface area contributed by atoms with Crippen LogP contribution in [0.3, 0.4) is 0 Å². The fourth-order valence-electron chi connectivity index (χ4n) is 2.26. The molecule has 3 heteroatoms. The average Bonchev–Trinajstić information content (AvgIpc) is 2.45. The number of hydrogen-bond donors (Lipinski definition) is 1. The highest BCUT2D eigenvalue weighted by Gasteiger charge is 2.01. The minimum atomic E-state index is -0.0608. The van der Waals surface area contributed by atoms with E-state index in [1.807, 2.05) is 0 Å². The number of nitrogens with two attached hydrogens (primary N) is 1. The summed E-state index contributed by atoms with van der Waals surface area (Å²) in [7, 11) is 0. The molecule has 0 aromatic rings. The van der Waals surface area contributed by atoms with Crippen molar-refractivity contribution >= 4 is 5.97 Å². The first-order valence-corrected chi connectivity index (χ1v) is 8.67. The maximum atomic E-state index is 11.3. The first kappa shape index (κ1) is 19.4. The van der Waals surface area contributed by atoms with Gasteiger partial charge < -0.3 is 10.5 Å². The number of esters is 1. The van der Waals surface area contributed by atoms with E-state index in [0.29, 0.717) is 19.6 Å². The average molecular weight is 285 g/mol. The van der Waals surface area contributed by atoms with Gasteiger partial charge in [0.15, 0.2) is 0 Å². The van der Waals surface area contributed by atoms with Gasteiger partial charge in [0, 0.05) is 6.42 Å². The first-order valence-electron chi connectivity index (χ1n) is 8.67. The van der Waals surface area contributed by atoms with E-state index in [2.05, 4.69) is 6.92 Å². The van der Waals surface area contributed by atoms with Crippen LogP contribution in [0.25, 0.3) is 0 Å². The van der Waals surface area contributed by atoms with Gasteiger partial charge in [-0.3, -0.25) is 4.79 Å². The Morgan fingerprint density at radius 3 is 1.90 bits per heavy atom. The van der Waals surface area contributed by atoms with Crippen LogP contribution in [0.2, 0.25) is 0 Å². The molecule has 0 unspecified atom stereocenters. The lowest BCUT2D eigenvalue weighted by Gasteiger charge is -2.05. The minimum Gasteiger partial charge on any atom is -0.466 e. The monoisotopic (exact) mass is 285 g/mol. The fraction of sp³-hybridized carbons (Fsp3) is 0.941. The molecule has 0 aromatic carbocycles. The number of carbonyl (C=O) groups excluding carboxylic acids is 1. The Kier molecular flexibility index (Phi) is 16.0. The zero-order valence-electron chi connectivity index (χ0n) is 13.5. The van der Waals surface area contributed by atoms with Crippen LogP contribution in [-0.2, 0) is 9.53 Å². The maximum absolute atomic E-state index is 11.3. The van der Waals surface area contributed by atoms with Crippen molar-refractivity contribution in [1.82, 2.24) is 0 Å². The van der Waals surface area contributed by atoms with Crippen LogP contribution in [0, 0.1) is 0 Å². The summed E-state index contributed by atoms with van der Waals surface area (Å²) in [6.07, 6.45) is 15.3. The van der Waals surface area contributed by atoms with Gasteiger partial charge in [-0.1, -0.05) is 64.7 Å². The zero-order chi connectivity index (χ0) is 14.9. The Labute approximate surface area is 125 Å². The van der Waals surface area contributed by atoms with E-state index in [1.54, 1.807) is 0 Å². The van der Waals surface area contributed by atoms with Gasteiger partial charge in [-0.05, 0) is 25.8 Å². The van der Waals surface area contributed by atoms with Gasteiger partial charge in [-0.2, -0.15) is 0 Å². The third kappa shape index (κ3) is 15.5. The Hall–Kier alpha value is -0.570. The molecule has 2 N–H and O–H groups in total. The number of rotatable bonds is 15. The smallest absolute Gasteiger partial charge is 0.305 e. The molecule has 0 saturated carbocycles. The van der Waals surface area contributed by atoms with Crippen molar-refractivity contribution in [1.29, 1.82) is 0 Å². The van der Waals surface area contributed by atoms with Gasteiger partial charge in [0.25, 0.3) is 0 Å². The summed E-state index contributed by atoms with van der Waals surface area (Å²) >= 11 is 0. The van der Waals surface area contributed by atoms with Crippen LogP contribution in [0.1, 0.15) is 90.4 Å². The Morgan fingerprint density at radius 1 is 0.800 bits per heavy atom. The topological polar surface area (TPSA) is 52.3 Å². The standard InChI is InChI=1S/C17H35NO2/c1-2-3-4-5-6-7-8-9-10-13-16-20-17(19)14-11-12-15-18/h2-16,18H2,1H3. The molecule has 0 aliphatic rings. The molecule has 0 rings (SSSR count). The van der Waals surface area contributed by atoms with Crippen LogP contribution in [0.4, 0.5) is 0 Å². The van der Waals surface area contributed by atoms with Gasteiger partial charge in [-0.25, -0.2) is 0 Å². The quantitative estimate of drug-likeness (QED) is 0.354. The van der Waals surface area contributed by atoms with E-state index in [4.69, 9.17) is 10.5 Å². The van der Waals surface area contributed by atoms with E-state index in [1.165, 1.54) is 57.8 Å². The SMILES string of the molecule is CCCCCCCCCCCCOC(=O)CCCCN. The molecule has 0 aliphatic carbocycles. The molecule has 3 nitrogen and oxygen atoms in total. The number of carbonyl (C=O) groups is 1. The summed E-state index contributed by atoms with van der Waals surface area (Å²) in [6.45, 7) is 3.51. The maximum Gasteiger partial charge on any atom is 0.305 e. The molecule has 0 aromatic heterocycles. The molecule has 0 heterocycles. The van der Waals surface area contributed by atoms with Gasteiger partial charge in [0.1, 0.15) is 0 Å². The molecule has 0 radical (unpaired) electrons. The second kappa shape index (κ2) is 16.5. The van der Waals surface area contributed by atoms with Gasteiger partial charge in [0.2, 0.25) is 0 Å². The van der Waals surface area contributed by atoms with E-state index in [9.17, 15) is 4.79 Å². The van der Waals surface area contributed by atoms with Crippen LogP contribution in [-0.4, -0.2) is 19.1 Å². The van der Waals surface area contributed by atoms with E-state index >= 15 is 0 Å². The van der Waals surface area contributed by atoms with Crippen LogP contribution in [0.5, 0.6) is 0 Å². The lowest BCUT2D eigenvalue weighted by atomic mass is 10.1. The third-order valence-corrected chi connectivity index (χ3v) is 3.60. The van der Waals surface area contributed by atoms with E-state index < -0.39 is 0 Å². The molecule has 0 atom stereocenters. The molecular weight excluding hydrogens is 250 g/mol. The molecule has 0 spiro atoms. The number of ether oxygens (including phenoxy) is 1. The Balaban J connectivity index is 3.07. The second-order valence-corrected chi connectivity index (χ2v) is 5.65.